The second-order valence-electron chi connectivity index (χ2n) is 5.52. The Kier molecular flexibility index (Phi) is 8.56. The number of thioether (sulfide) groups is 1. The Hall–Kier alpha value is -1.20. The summed E-state index contributed by atoms with van der Waals surface area (Å²) in [6.07, 6.45) is 0. The fourth-order valence-corrected chi connectivity index (χ4v) is 2.38. The Morgan fingerprint density at radius 3 is 2.36 bits per heavy atom. The maximum atomic E-state index is 12.1. The van der Waals surface area contributed by atoms with Crippen molar-refractivity contribution in [1.82, 2.24) is 10.2 Å². The Bertz CT molecular complexity index is 414. The molecule has 0 heterocycles. The highest BCUT2D eigenvalue weighted by molar-refractivity contribution is 8.13. The molecule has 0 saturated carbocycles. The van der Waals surface area contributed by atoms with Gasteiger partial charge in [0.1, 0.15) is 12.6 Å². The Morgan fingerprint density at radius 2 is 1.95 bits per heavy atom. The van der Waals surface area contributed by atoms with Crippen LogP contribution in [0.1, 0.15) is 20.8 Å². The number of hydrogen-bond donors (Lipinski definition) is 3. The highest BCUT2D eigenvalue weighted by atomic mass is 32.2. The zero-order valence-electron chi connectivity index (χ0n) is 13.3. The number of carbonyl (C=O) groups is 3. The number of quaternary nitrogens is 1. The van der Waals surface area contributed by atoms with Gasteiger partial charge in [-0.05, 0) is 13.8 Å². The van der Waals surface area contributed by atoms with E-state index in [1.54, 1.807) is 27.9 Å². The number of rotatable bonds is 8. The average Bonchev–Trinajstić information content (AvgIpc) is 2.39. The third-order valence-electron chi connectivity index (χ3n) is 2.61. The van der Waals surface area contributed by atoms with Gasteiger partial charge < -0.3 is 15.4 Å². The molecule has 0 aliphatic heterocycles. The molecule has 128 valence electrons. The average molecular weight is 337 g/mol. The minimum absolute atomic E-state index is 0.0614. The van der Waals surface area contributed by atoms with Crippen molar-refractivity contribution in [3.05, 3.63) is 5.21 Å². The highest BCUT2D eigenvalue weighted by Gasteiger charge is 2.32. The first-order valence-corrected chi connectivity index (χ1v) is 7.47. The maximum absolute atomic E-state index is 12.1. The van der Waals surface area contributed by atoms with Crippen LogP contribution in [-0.2, 0) is 19.2 Å². The van der Waals surface area contributed by atoms with Crippen LogP contribution < -0.4 is 10.7 Å². The summed E-state index contributed by atoms with van der Waals surface area (Å²) in [6, 6.07) is -0.822. The van der Waals surface area contributed by atoms with E-state index in [1.807, 2.05) is 0 Å². The van der Waals surface area contributed by atoms with Crippen molar-refractivity contribution in [2.24, 2.45) is 5.41 Å². The quantitative estimate of drug-likeness (QED) is 0.464. The van der Waals surface area contributed by atoms with E-state index >= 15 is 0 Å². The predicted octanol–water partition coefficient (Wildman–Crippen LogP) is -1.43. The molecule has 0 rings (SSSR count). The standard InChI is InChI=1S/C12H23N3O6S/c1-8(16)13-9(10(17)14(4)5)6-22-11(18)12(2,3)7-21-15(19)20/h9,15,19H,6-7H2,1-5H3,(H,13,16). The lowest BCUT2D eigenvalue weighted by atomic mass is 9.97. The van der Waals surface area contributed by atoms with Crippen molar-refractivity contribution in [2.45, 2.75) is 26.8 Å². The monoisotopic (exact) mass is 337 g/mol. The van der Waals surface area contributed by atoms with Crippen LogP contribution in [-0.4, -0.2) is 59.5 Å². The van der Waals surface area contributed by atoms with Crippen LogP contribution in [0.25, 0.3) is 0 Å². The number of hydrogen-bond acceptors (Lipinski definition) is 7. The molecule has 0 saturated heterocycles. The third-order valence-corrected chi connectivity index (χ3v) is 3.92. The van der Waals surface area contributed by atoms with Gasteiger partial charge in [0.05, 0.1) is 5.41 Å². The van der Waals surface area contributed by atoms with Crippen LogP contribution in [0.15, 0.2) is 0 Å². The van der Waals surface area contributed by atoms with Crippen LogP contribution in [0.2, 0.25) is 0 Å². The molecular weight excluding hydrogens is 314 g/mol. The molecule has 3 N–H and O–H groups in total. The van der Waals surface area contributed by atoms with Crippen molar-refractivity contribution in [3.63, 3.8) is 0 Å². The van der Waals surface area contributed by atoms with Crippen molar-refractivity contribution in [2.75, 3.05) is 26.5 Å². The fraction of sp³-hybridized carbons (Fsp3) is 0.750. The summed E-state index contributed by atoms with van der Waals surface area (Å²) in [6.45, 7) is 4.10. The van der Waals surface area contributed by atoms with Gasteiger partial charge in [-0.25, -0.2) is 0 Å². The fourth-order valence-electron chi connectivity index (χ4n) is 1.39. The summed E-state index contributed by atoms with van der Waals surface area (Å²) in [5.74, 6) is -0.636. The molecule has 0 radical (unpaired) electrons. The predicted molar refractivity (Wildman–Crippen MR) is 79.6 cm³/mol. The first-order valence-electron chi connectivity index (χ1n) is 6.48. The van der Waals surface area contributed by atoms with E-state index in [4.69, 9.17) is 5.21 Å². The summed E-state index contributed by atoms with van der Waals surface area (Å²) in [7, 11) is 3.10. The van der Waals surface area contributed by atoms with Gasteiger partial charge in [0, 0.05) is 26.8 Å². The molecule has 2 amide bonds. The van der Waals surface area contributed by atoms with Gasteiger partial charge in [0.15, 0.2) is 5.12 Å². The van der Waals surface area contributed by atoms with Crippen molar-refractivity contribution in [3.8, 4) is 0 Å². The molecule has 0 aromatic rings. The minimum Gasteiger partial charge on any atom is -0.566 e. The van der Waals surface area contributed by atoms with Crippen LogP contribution in [0, 0.1) is 10.6 Å². The lowest BCUT2D eigenvalue weighted by Gasteiger charge is -2.25. The van der Waals surface area contributed by atoms with Gasteiger partial charge in [-0.3, -0.25) is 14.4 Å². The normalized spacial score (nSPS) is 14.1. The molecule has 9 nitrogen and oxygen atoms in total. The molecule has 10 heteroatoms. The van der Waals surface area contributed by atoms with Crippen molar-refractivity contribution in [1.29, 1.82) is 0 Å². The van der Waals surface area contributed by atoms with Crippen LogP contribution in [0.5, 0.6) is 0 Å². The molecule has 2 unspecified atom stereocenters. The molecular formula is C12H23N3O6S. The van der Waals surface area contributed by atoms with E-state index in [2.05, 4.69) is 10.2 Å². The van der Waals surface area contributed by atoms with Gasteiger partial charge in [0.25, 0.3) is 0 Å². The smallest absolute Gasteiger partial charge is 0.245 e. The molecule has 0 bridgehead atoms. The van der Waals surface area contributed by atoms with E-state index in [-0.39, 0.29) is 29.3 Å². The molecule has 0 aromatic heterocycles. The second-order valence-corrected chi connectivity index (χ2v) is 6.52. The summed E-state index contributed by atoms with van der Waals surface area (Å²) < 4.78 is 0. The Balaban J connectivity index is 4.66. The van der Waals surface area contributed by atoms with E-state index in [9.17, 15) is 19.6 Å². The molecule has 0 aromatic carbocycles. The minimum atomic E-state index is -1.45. The summed E-state index contributed by atoms with van der Waals surface area (Å²) in [5.41, 5.74) is -1.02. The number of nitrogens with one attached hydrogen (secondary N) is 2. The molecule has 0 aliphatic rings. The lowest BCUT2D eigenvalue weighted by Crippen LogP contribution is -3.03. The number of amides is 2. The highest BCUT2D eigenvalue weighted by Crippen LogP contribution is 2.24. The summed E-state index contributed by atoms with van der Waals surface area (Å²) >= 11 is 0.857. The van der Waals surface area contributed by atoms with Crippen molar-refractivity contribution >= 4 is 28.7 Å². The van der Waals surface area contributed by atoms with Gasteiger partial charge >= 0.3 is 0 Å². The number of carbonyl (C=O) groups excluding carboxylic acids is 3. The first-order chi connectivity index (χ1) is 9.97. The first kappa shape index (κ1) is 20.8. The number of nitrogens with zero attached hydrogens (tertiary/aromatic N) is 1. The third kappa shape index (κ3) is 7.71. The molecule has 2 atom stereocenters. The van der Waals surface area contributed by atoms with E-state index < -0.39 is 16.8 Å². The van der Waals surface area contributed by atoms with Gasteiger partial charge in [-0.2, -0.15) is 10.0 Å². The topological polar surface area (TPSA) is 123 Å². The zero-order valence-corrected chi connectivity index (χ0v) is 14.2. The lowest BCUT2D eigenvalue weighted by molar-refractivity contribution is -1.21. The van der Waals surface area contributed by atoms with Crippen LogP contribution >= 0.6 is 11.8 Å². The van der Waals surface area contributed by atoms with Crippen molar-refractivity contribution < 1.29 is 29.8 Å². The molecule has 0 spiro atoms. The molecule has 0 aliphatic carbocycles. The SMILES string of the molecule is CC(=O)NC(CSC(=O)C(C)(C)CO[NH+]([O-])O)C(=O)N(C)C. The molecule has 0 fully saturated rings. The summed E-state index contributed by atoms with van der Waals surface area (Å²) in [5, 5.41) is 19.6. The van der Waals surface area contributed by atoms with Gasteiger partial charge in [-0.1, -0.05) is 17.2 Å². The van der Waals surface area contributed by atoms with E-state index in [1.165, 1.54) is 11.8 Å². The largest absolute Gasteiger partial charge is 0.566 e. The maximum Gasteiger partial charge on any atom is 0.245 e. The summed E-state index contributed by atoms with van der Waals surface area (Å²) in [4.78, 5) is 40.9. The van der Waals surface area contributed by atoms with Gasteiger partial charge in [-0.15, -0.1) is 0 Å². The van der Waals surface area contributed by atoms with E-state index in [0.717, 1.165) is 11.8 Å². The molecule has 22 heavy (non-hydrogen) atoms. The second kappa shape index (κ2) is 9.06. The Morgan fingerprint density at radius 1 is 1.41 bits per heavy atom. The number of likely N-dealkylation sites (N-methyl/N-ethyl adjacent to an activating group) is 1. The van der Waals surface area contributed by atoms with Gasteiger partial charge in [0.2, 0.25) is 11.8 Å². The van der Waals surface area contributed by atoms with E-state index in [0.29, 0.717) is 0 Å². The zero-order chi connectivity index (χ0) is 17.5. The van der Waals surface area contributed by atoms with Crippen LogP contribution in [0.4, 0.5) is 0 Å². The van der Waals surface area contributed by atoms with Crippen LogP contribution in [0.3, 0.4) is 0 Å². The Labute approximate surface area is 133 Å².